The van der Waals surface area contributed by atoms with Crippen LogP contribution >= 0.6 is 0 Å². The van der Waals surface area contributed by atoms with Gasteiger partial charge in [0.05, 0.1) is 5.41 Å². The second-order valence-corrected chi connectivity index (χ2v) is 7.66. The minimum Gasteiger partial charge on any atom is -0.361 e. The Hall–Kier alpha value is -2.39. The van der Waals surface area contributed by atoms with E-state index in [0.717, 1.165) is 24.8 Å². The summed E-state index contributed by atoms with van der Waals surface area (Å²) in [5, 5.41) is 3.22. The highest BCUT2D eigenvalue weighted by Crippen LogP contribution is 2.48. The zero-order valence-electron chi connectivity index (χ0n) is 15.9. The summed E-state index contributed by atoms with van der Waals surface area (Å²) in [4.78, 5) is 13.7. The number of hydrogen-bond donors (Lipinski definition) is 1. The van der Waals surface area contributed by atoms with Crippen molar-refractivity contribution >= 4 is 12.0 Å². The van der Waals surface area contributed by atoms with Gasteiger partial charge in [-0.15, -0.1) is 0 Å². The van der Waals surface area contributed by atoms with Crippen molar-refractivity contribution in [1.82, 2.24) is 5.32 Å². The van der Waals surface area contributed by atoms with Gasteiger partial charge >= 0.3 is 0 Å². The second-order valence-electron chi connectivity index (χ2n) is 7.66. The molecule has 0 bridgehead atoms. The average Bonchev–Trinajstić information content (AvgIpc) is 2.73. The predicted molar refractivity (Wildman–Crippen MR) is 108 cm³/mol. The molecule has 3 nitrogen and oxygen atoms in total. The van der Waals surface area contributed by atoms with Gasteiger partial charge in [-0.2, -0.15) is 0 Å². The molecule has 3 atom stereocenters. The van der Waals surface area contributed by atoms with Gasteiger partial charge in [0, 0.05) is 13.5 Å². The maximum atomic E-state index is 13.7. The molecule has 0 saturated heterocycles. The fourth-order valence-corrected chi connectivity index (χ4v) is 4.76. The summed E-state index contributed by atoms with van der Waals surface area (Å²) in [6, 6.07) is 18.5. The average molecular weight is 361 g/mol. The first-order valence-electron chi connectivity index (χ1n) is 9.89. The van der Waals surface area contributed by atoms with Crippen LogP contribution in [0.25, 0.3) is 6.08 Å². The molecule has 27 heavy (non-hydrogen) atoms. The van der Waals surface area contributed by atoms with Crippen LogP contribution in [-0.2, 0) is 21.4 Å². The third-order valence-corrected chi connectivity index (χ3v) is 6.16. The van der Waals surface area contributed by atoms with Gasteiger partial charge in [-0.05, 0) is 35.4 Å². The van der Waals surface area contributed by atoms with Gasteiger partial charge in [-0.1, -0.05) is 79.6 Å². The molecule has 1 unspecified atom stereocenters. The summed E-state index contributed by atoms with van der Waals surface area (Å²) in [6.45, 7) is 0. The molecule has 1 N–H and O–H groups in total. The minimum absolute atomic E-state index is 0.104. The van der Waals surface area contributed by atoms with Gasteiger partial charge in [-0.3, -0.25) is 4.79 Å². The lowest BCUT2D eigenvalue weighted by atomic mass is 9.59. The maximum Gasteiger partial charge on any atom is 0.233 e. The summed E-state index contributed by atoms with van der Waals surface area (Å²) in [7, 11) is 1.67. The van der Waals surface area contributed by atoms with Crippen LogP contribution in [0.1, 0.15) is 42.4 Å². The lowest BCUT2D eigenvalue weighted by Gasteiger charge is -2.45. The zero-order valence-corrected chi connectivity index (χ0v) is 15.9. The van der Waals surface area contributed by atoms with Gasteiger partial charge in [0.15, 0.2) is 0 Å². The minimum atomic E-state index is -0.475. The summed E-state index contributed by atoms with van der Waals surface area (Å²) in [5.74, 6) is 0.363. The molecule has 2 aromatic rings. The molecule has 140 valence electrons. The van der Waals surface area contributed by atoms with Gasteiger partial charge in [0.25, 0.3) is 0 Å². The van der Waals surface area contributed by atoms with E-state index in [0.29, 0.717) is 6.42 Å². The van der Waals surface area contributed by atoms with E-state index >= 15 is 0 Å². The number of carbonyl (C=O) groups excluding carboxylic acids is 1. The van der Waals surface area contributed by atoms with E-state index in [1.54, 1.807) is 7.11 Å². The molecular formula is C24H27NO2. The Balaban J connectivity index is 1.62. The smallest absolute Gasteiger partial charge is 0.233 e. The van der Waals surface area contributed by atoms with E-state index in [1.165, 1.54) is 17.5 Å². The van der Waals surface area contributed by atoms with Crippen molar-refractivity contribution in [3.8, 4) is 0 Å². The maximum absolute atomic E-state index is 13.7. The van der Waals surface area contributed by atoms with Gasteiger partial charge in [-0.25, -0.2) is 0 Å². The fraction of sp³-hybridized carbons (Fsp3) is 0.375. The number of amides is 1. The molecule has 3 heteroatoms. The molecule has 0 radical (unpaired) electrons. The number of rotatable bonds is 5. The lowest BCUT2D eigenvalue weighted by Crippen LogP contribution is -2.54. The number of allylic oxidation sites excluding steroid dienone is 1. The Kier molecular flexibility index (Phi) is 5.13. The Morgan fingerprint density at radius 1 is 1.15 bits per heavy atom. The quantitative estimate of drug-likeness (QED) is 0.798. The van der Waals surface area contributed by atoms with Crippen molar-refractivity contribution < 1.29 is 9.53 Å². The number of benzene rings is 2. The Bertz CT molecular complexity index is 829. The highest BCUT2D eigenvalue weighted by molar-refractivity contribution is 5.91. The van der Waals surface area contributed by atoms with Crippen LogP contribution in [0.4, 0.5) is 0 Å². The van der Waals surface area contributed by atoms with Crippen molar-refractivity contribution in [3.63, 3.8) is 0 Å². The molecule has 0 aromatic heterocycles. The van der Waals surface area contributed by atoms with Crippen LogP contribution in [0.15, 0.2) is 60.7 Å². The summed E-state index contributed by atoms with van der Waals surface area (Å²) in [6.07, 6.45) is 9.01. The highest BCUT2D eigenvalue weighted by atomic mass is 16.5. The number of ether oxygens (including phenoxy) is 1. The van der Waals surface area contributed by atoms with E-state index in [2.05, 4.69) is 47.8 Å². The molecular weight excluding hydrogens is 334 g/mol. The molecule has 0 spiro atoms. The molecule has 1 fully saturated rings. The number of methoxy groups -OCH3 is 1. The molecule has 0 aliphatic heterocycles. The van der Waals surface area contributed by atoms with Crippen LogP contribution < -0.4 is 5.32 Å². The summed E-state index contributed by atoms with van der Waals surface area (Å²) >= 11 is 0. The second kappa shape index (κ2) is 7.69. The van der Waals surface area contributed by atoms with Crippen LogP contribution in [0.3, 0.4) is 0 Å². The van der Waals surface area contributed by atoms with Crippen LogP contribution in [0, 0.1) is 5.92 Å². The molecule has 1 saturated carbocycles. The van der Waals surface area contributed by atoms with Gasteiger partial charge in [0.2, 0.25) is 5.91 Å². The molecule has 2 aromatic carbocycles. The molecule has 1 amide bonds. The Morgan fingerprint density at radius 3 is 2.74 bits per heavy atom. The van der Waals surface area contributed by atoms with Crippen LogP contribution in [0.2, 0.25) is 0 Å². The summed E-state index contributed by atoms with van der Waals surface area (Å²) in [5.41, 5.74) is 3.02. The third-order valence-electron chi connectivity index (χ3n) is 6.16. The third kappa shape index (κ3) is 3.32. The van der Waals surface area contributed by atoms with E-state index < -0.39 is 5.41 Å². The van der Waals surface area contributed by atoms with E-state index in [-0.39, 0.29) is 18.1 Å². The van der Waals surface area contributed by atoms with Crippen molar-refractivity contribution in [3.05, 3.63) is 77.4 Å². The molecule has 2 aliphatic rings. The lowest BCUT2D eigenvalue weighted by molar-refractivity contribution is -0.133. The van der Waals surface area contributed by atoms with E-state index in [1.807, 2.05) is 24.3 Å². The topological polar surface area (TPSA) is 38.3 Å². The number of nitrogens with one attached hydrogen (secondary N) is 1. The van der Waals surface area contributed by atoms with Crippen molar-refractivity contribution in [1.29, 1.82) is 0 Å². The largest absolute Gasteiger partial charge is 0.361 e. The first kappa shape index (κ1) is 18.0. The van der Waals surface area contributed by atoms with Crippen LogP contribution in [-0.4, -0.2) is 19.2 Å². The van der Waals surface area contributed by atoms with Gasteiger partial charge in [0.1, 0.15) is 6.23 Å². The Morgan fingerprint density at radius 2 is 1.93 bits per heavy atom. The first-order chi connectivity index (χ1) is 13.2. The first-order valence-corrected chi connectivity index (χ1v) is 9.89. The van der Waals surface area contributed by atoms with Crippen molar-refractivity contribution in [2.75, 3.05) is 7.11 Å². The SMILES string of the molecule is COC(Cc1ccccc1)NC(=O)[C@@]12CCCC[C@@H]1C=Cc1ccccc12. The number of fused-ring (bicyclic) bond motifs is 3. The number of hydrogen-bond acceptors (Lipinski definition) is 2. The van der Waals surface area contributed by atoms with E-state index in [9.17, 15) is 4.79 Å². The normalized spacial score (nSPS) is 24.6. The van der Waals surface area contributed by atoms with Crippen LogP contribution in [0.5, 0.6) is 0 Å². The monoisotopic (exact) mass is 361 g/mol. The fourth-order valence-electron chi connectivity index (χ4n) is 4.76. The predicted octanol–water partition coefficient (Wildman–Crippen LogP) is 4.47. The van der Waals surface area contributed by atoms with Crippen molar-refractivity contribution in [2.45, 2.75) is 43.7 Å². The van der Waals surface area contributed by atoms with E-state index in [4.69, 9.17) is 4.74 Å². The zero-order chi connectivity index (χ0) is 18.7. The Labute approximate surface area is 161 Å². The number of carbonyl (C=O) groups is 1. The molecule has 4 rings (SSSR count). The summed E-state index contributed by atoms with van der Waals surface area (Å²) < 4.78 is 5.63. The standard InChI is InChI=1S/C24H27NO2/c1-27-22(17-18-9-3-2-4-10-18)25-23(26)24-16-8-7-12-20(24)15-14-19-11-5-6-13-21(19)24/h2-6,9-11,13-15,20,22H,7-8,12,16-17H2,1H3,(H,25,26)/t20-,22?,24+/m1/s1. The van der Waals surface area contributed by atoms with Gasteiger partial charge < -0.3 is 10.1 Å². The molecule has 2 aliphatic carbocycles. The van der Waals surface area contributed by atoms with Crippen molar-refractivity contribution in [2.24, 2.45) is 5.92 Å². The molecule has 0 heterocycles. The highest BCUT2D eigenvalue weighted by Gasteiger charge is 2.49.